The normalized spacial score (nSPS) is 24.8. The first-order valence-corrected chi connectivity index (χ1v) is 15.2. The number of morpholine rings is 2. The molecule has 10 nitrogen and oxygen atoms in total. The molecule has 0 spiro atoms. The van der Waals surface area contributed by atoms with E-state index in [2.05, 4.69) is 32.1 Å². The molecule has 40 heavy (non-hydrogen) atoms. The van der Waals surface area contributed by atoms with Crippen molar-refractivity contribution < 1.29 is 18.7 Å². The van der Waals surface area contributed by atoms with Crippen molar-refractivity contribution in [3.05, 3.63) is 30.5 Å². The van der Waals surface area contributed by atoms with E-state index in [1.807, 2.05) is 17.0 Å². The van der Waals surface area contributed by atoms with Gasteiger partial charge in [0.2, 0.25) is 0 Å². The number of carbonyl (C=O) groups is 1. The van der Waals surface area contributed by atoms with Gasteiger partial charge in [-0.3, -0.25) is 4.90 Å². The van der Waals surface area contributed by atoms with Crippen molar-refractivity contribution in [2.75, 3.05) is 95.1 Å². The zero-order valence-corrected chi connectivity index (χ0v) is 23.6. The molecule has 1 N–H and O–H groups in total. The van der Waals surface area contributed by atoms with Gasteiger partial charge in [-0.2, -0.15) is 0 Å². The molecule has 0 radical (unpaired) electrons. The number of carbonyl (C=O) groups excluding carboxylic acids is 1. The minimum Gasteiger partial charge on any atom is -0.464 e. The predicted molar refractivity (Wildman–Crippen MR) is 155 cm³/mol. The summed E-state index contributed by atoms with van der Waals surface area (Å²) in [7, 11) is 0. The highest BCUT2D eigenvalue weighted by molar-refractivity contribution is 5.74. The van der Waals surface area contributed by atoms with Gasteiger partial charge in [0.15, 0.2) is 0 Å². The van der Waals surface area contributed by atoms with E-state index in [0.29, 0.717) is 32.3 Å². The van der Waals surface area contributed by atoms with Gasteiger partial charge in [0.05, 0.1) is 32.7 Å². The van der Waals surface area contributed by atoms with Crippen molar-refractivity contribution in [3.63, 3.8) is 0 Å². The zero-order valence-electron chi connectivity index (χ0n) is 23.6. The number of hydrogen-bond acceptors (Lipinski definition) is 8. The summed E-state index contributed by atoms with van der Waals surface area (Å²) in [6.45, 7) is 11.2. The molecule has 6 rings (SSSR count). The molecule has 218 valence electrons. The number of piperazine rings is 1. The highest BCUT2D eigenvalue weighted by atomic mass is 16.5. The monoisotopic (exact) mass is 552 g/mol. The van der Waals surface area contributed by atoms with Crippen LogP contribution in [0.2, 0.25) is 0 Å². The molecule has 0 atom stereocenters. The van der Waals surface area contributed by atoms with Crippen LogP contribution in [0.3, 0.4) is 0 Å². The SMILES string of the molecule is O=C(N[C@H]1CC[C@H](CCN2CCN(c3cc(-c4ccco4)cc(N4CCOCC4)n3)CC2)CC1)N1CCOCC1. The summed E-state index contributed by atoms with van der Waals surface area (Å²) in [6.07, 6.45) is 7.59. The average molecular weight is 553 g/mol. The largest absolute Gasteiger partial charge is 0.464 e. The smallest absolute Gasteiger partial charge is 0.317 e. The Morgan fingerprint density at radius 1 is 0.850 bits per heavy atom. The second-order valence-corrected chi connectivity index (χ2v) is 11.5. The van der Waals surface area contributed by atoms with Crippen LogP contribution in [0.15, 0.2) is 34.9 Å². The van der Waals surface area contributed by atoms with Crippen LogP contribution in [0.4, 0.5) is 16.4 Å². The molecule has 4 aliphatic rings. The first-order valence-electron chi connectivity index (χ1n) is 15.2. The summed E-state index contributed by atoms with van der Waals surface area (Å²) in [5, 5.41) is 3.27. The average Bonchev–Trinajstić information content (AvgIpc) is 3.57. The van der Waals surface area contributed by atoms with Crippen molar-refractivity contribution in [1.29, 1.82) is 0 Å². The molecule has 4 fully saturated rings. The van der Waals surface area contributed by atoms with E-state index in [4.69, 9.17) is 18.9 Å². The number of furan rings is 1. The van der Waals surface area contributed by atoms with Crippen LogP contribution in [-0.4, -0.2) is 112 Å². The number of pyridine rings is 1. The summed E-state index contributed by atoms with van der Waals surface area (Å²) >= 11 is 0. The third-order valence-corrected chi connectivity index (χ3v) is 8.96. The van der Waals surface area contributed by atoms with Crippen LogP contribution < -0.4 is 15.1 Å². The van der Waals surface area contributed by atoms with E-state index in [1.54, 1.807) is 6.26 Å². The third kappa shape index (κ3) is 6.90. The third-order valence-electron chi connectivity index (χ3n) is 8.96. The first kappa shape index (κ1) is 27.4. The second kappa shape index (κ2) is 13.2. The molecule has 2 aromatic heterocycles. The quantitative estimate of drug-likeness (QED) is 0.560. The number of amides is 2. The fourth-order valence-corrected chi connectivity index (χ4v) is 6.40. The highest BCUT2D eigenvalue weighted by Gasteiger charge is 2.26. The molecule has 5 heterocycles. The molecule has 3 saturated heterocycles. The van der Waals surface area contributed by atoms with Gasteiger partial charge in [0.1, 0.15) is 17.4 Å². The lowest BCUT2D eigenvalue weighted by atomic mass is 9.84. The number of hydrogen-bond donors (Lipinski definition) is 1. The Morgan fingerprint density at radius 2 is 1.50 bits per heavy atom. The van der Waals surface area contributed by atoms with Gasteiger partial charge in [0.25, 0.3) is 0 Å². The Kier molecular flexibility index (Phi) is 9.05. The lowest BCUT2D eigenvalue weighted by Gasteiger charge is -2.37. The minimum atomic E-state index is 0.0888. The number of rotatable bonds is 7. The van der Waals surface area contributed by atoms with Gasteiger partial charge in [-0.25, -0.2) is 9.78 Å². The maximum absolute atomic E-state index is 12.5. The summed E-state index contributed by atoms with van der Waals surface area (Å²) in [6, 6.07) is 8.69. The number of nitrogens with zero attached hydrogens (tertiary/aromatic N) is 5. The molecule has 0 bridgehead atoms. The van der Waals surface area contributed by atoms with Gasteiger partial charge in [0, 0.05) is 64.0 Å². The summed E-state index contributed by atoms with van der Waals surface area (Å²) in [4.78, 5) is 26.9. The van der Waals surface area contributed by atoms with Gasteiger partial charge in [-0.1, -0.05) is 0 Å². The van der Waals surface area contributed by atoms with Crippen molar-refractivity contribution in [1.82, 2.24) is 20.1 Å². The van der Waals surface area contributed by atoms with Gasteiger partial charge >= 0.3 is 6.03 Å². The zero-order chi connectivity index (χ0) is 27.1. The summed E-state index contributed by atoms with van der Waals surface area (Å²) < 4.78 is 16.7. The van der Waals surface area contributed by atoms with Crippen LogP contribution in [0.5, 0.6) is 0 Å². The molecule has 0 unspecified atom stereocenters. The van der Waals surface area contributed by atoms with Gasteiger partial charge < -0.3 is 33.9 Å². The van der Waals surface area contributed by atoms with E-state index >= 15 is 0 Å². The van der Waals surface area contributed by atoms with Crippen LogP contribution in [-0.2, 0) is 9.47 Å². The molecule has 2 aromatic rings. The van der Waals surface area contributed by atoms with Crippen molar-refractivity contribution in [3.8, 4) is 11.3 Å². The first-order chi connectivity index (χ1) is 19.7. The maximum atomic E-state index is 12.5. The van der Waals surface area contributed by atoms with E-state index in [0.717, 1.165) is 101 Å². The maximum Gasteiger partial charge on any atom is 0.317 e. The number of urea groups is 1. The van der Waals surface area contributed by atoms with E-state index in [1.165, 1.54) is 19.3 Å². The number of ether oxygens (including phenoxy) is 2. The highest BCUT2D eigenvalue weighted by Crippen LogP contribution is 2.30. The molecule has 0 aromatic carbocycles. The van der Waals surface area contributed by atoms with Crippen molar-refractivity contribution in [2.24, 2.45) is 5.92 Å². The standard InChI is InChI=1S/C30H44N6O4/c37-30(36-15-20-39-21-16-36)31-26-5-3-24(4-6-26)7-8-33-9-11-34(12-10-33)28-22-25(27-2-1-17-40-27)23-29(32-28)35-13-18-38-19-14-35/h1-2,17,22-24,26H,3-16,18-21H2,(H,31,37)/t24-,26-. The Labute approximate surface area is 237 Å². The summed E-state index contributed by atoms with van der Waals surface area (Å²) in [5.74, 6) is 3.68. The van der Waals surface area contributed by atoms with Crippen LogP contribution in [0.1, 0.15) is 32.1 Å². The Morgan fingerprint density at radius 3 is 2.15 bits per heavy atom. The molecular formula is C30H44N6O4. The van der Waals surface area contributed by atoms with E-state index in [-0.39, 0.29) is 6.03 Å². The van der Waals surface area contributed by atoms with Gasteiger partial charge in [-0.05, 0) is 68.8 Å². The van der Waals surface area contributed by atoms with Crippen LogP contribution in [0, 0.1) is 5.92 Å². The van der Waals surface area contributed by atoms with Crippen molar-refractivity contribution >= 4 is 17.7 Å². The predicted octanol–water partition coefficient (Wildman–Crippen LogP) is 3.29. The number of anilines is 2. The fraction of sp³-hybridized carbons (Fsp3) is 0.667. The molecule has 1 saturated carbocycles. The Balaban J connectivity index is 0.968. The molecular weight excluding hydrogens is 508 g/mol. The van der Waals surface area contributed by atoms with Gasteiger partial charge in [-0.15, -0.1) is 0 Å². The van der Waals surface area contributed by atoms with Crippen LogP contribution in [0.25, 0.3) is 11.3 Å². The molecule has 3 aliphatic heterocycles. The van der Waals surface area contributed by atoms with Crippen LogP contribution >= 0.6 is 0 Å². The lowest BCUT2D eigenvalue weighted by molar-refractivity contribution is 0.0519. The van der Waals surface area contributed by atoms with E-state index in [9.17, 15) is 4.79 Å². The second-order valence-electron chi connectivity index (χ2n) is 11.5. The number of nitrogens with one attached hydrogen (secondary N) is 1. The van der Waals surface area contributed by atoms with Crippen molar-refractivity contribution in [2.45, 2.75) is 38.1 Å². The lowest BCUT2D eigenvalue weighted by Crippen LogP contribution is -2.50. The molecule has 10 heteroatoms. The Bertz CT molecular complexity index is 1070. The fourth-order valence-electron chi connectivity index (χ4n) is 6.40. The van der Waals surface area contributed by atoms with E-state index < -0.39 is 0 Å². The molecule has 1 aliphatic carbocycles. The Hall–Kier alpha value is -2.82. The summed E-state index contributed by atoms with van der Waals surface area (Å²) in [5.41, 5.74) is 1.08. The molecule has 2 amide bonds. The minimum absolute atomic E-state index is 0.0888. The topological polar surface area (TPSA) is 86.6 Å². The number of aromatic nitrogens is 1.